The van der Waals surface area contributed by atoms with E-state index in [4.69, 9.17) is 9.15 Å². The van der Waals surface area contributed by atoms with Crippen molar-refractivity contribution in [2.24, 2.45) is 0 Å². The Hall–Kier alpha value is -1.82. The maximum Gasteiger partial charge on any atom is 0.277 e. The molecule has 2 aromatic rings. The van der Waals surface area contributed by atoms with Crippen LogP contribution in [-0.2, 0) is 11.4 Å². The zero-order valence-corrected chi connectivity index (χ0v) is 10.6. The molecule has 0 fully saturated rings. The van der Waals surface area contributed by atoms with Crippen molar-refractivity contribution >= 4 is 18.0 Å². The number of hydrogen-bond acceptors (Lipinski definition) is 6. The molecule has 0 saturated heterocycles. The predicted molar refractivity (Wildman–Crippen MR) is 66.6 cm³/mol. The van der Waals surface area contributed by atoms with Crippen LogP contribution in [0.1, 0.15) is 11.5 Å². The average Bonchev–Trinajstić information content (AvgIpc) is 2.84. The van der Waals surface area contributed by atoms with Gasteiger partial charge in [-0.25, -0.2) is 0 Å². The summed E-state index contributed by atoms with van der Waals surface area (Å²) in [5, 5.41) is 7.99. The number of ether oxygens (including phenoxy) is 1. The molecule has 0 saturated carbocycles. The summed E-state index contributed by atoms with van der Waals surface area (Å²) >= 11 is 1.20. The highest BCUT2D eigenvalue weighted by molar-refractivity contribution is 7.99. The van der Waals surface area contributed by atoms with Crippen LogP contribution >= 0.6 is 11.8 Å². The van der Waals surface area contributed by atoms with E-state index in [1.54, 1.807) is 0 Å². The second kappa shape index (κ2) is 6.20. The van der Waals surface area contributed by atoms with Gasteiger partial charge in [0.2, 0.25) is 0 Å². The number of carbonyl (C=O) groups excluding carboxylic acids is 1. The Morgan fingerprint density at radius 3 is 2.83 bits per heavy atom. The van der Waals surface area contributed by atoms with E-state index < -0.39 is 0 Å². The summed E-state index contributed by atoms with van der Waals surface area (Å²) < 4.78 is 10.8. The maximum atomic E-state index is 10.2. The quantitative estimate of drug-likeness (QED) is 0.589. The van der Waals surface area contributed by atoms with E-state index in [2.05, 4.69) is 10.2 Å². The van der Waals surface area contributed by atoms with E-state index in [1.807, 2.05) is 31.2 Å². The molecule has 5 nitrogen and oxygen atoms in total. The Kier molecular flexibility index (Phi) is 4.35. The molecule has 0 spiro atoms. The molecule has 0 N–H and O–H groups in total. The number of carbonyl (C=O) groups is 1. The fourth-order valence-corrected chi connectivity index (χ4v) is 1.70. The van der Waals surface area contributed by atoms with Crippen molar-refractivity contribution in [1.29, 1.82) is 0 Å². The first-order valence-corrected chi connectivity index (χ1v) is 6.35. The van der Waals surface area contributed by atoms with Crippen molar-refractivity contribution in [3.05, 3.63) is 35.7 Å². The lowest BCUT2D eigenvalue weighted by Crippen LogP contribution is -1.95. The average molecular weight is 264 g/mol. The van der Waals surface area contributed by atoms with E-state index >= 15 is 0 Å². The fourth-order valence-electron chi connectivity index (χ4n) is 1.24. The first-order valence-electron chi connectivity index (χ1n) is 5.36. The first-order chi connectivity index (χ1) is 8.78. The first kappa shape index (κ1) is 12.6. The third-order valence-electron chi connectivity index (χ3n) is 2.11. The van der Waals surface area contributed by atoms with Crippen LogP contribution in [0.4, 0.5) is 0 Å². The summed E-state index contributed by atoms with van der Waals surface area (Å²) in [4.78, 5) is 10.2. The summed E-state index contributed by atoms with van der Waals surface area (Å²) in [6, 6.07) is 7.70. The van der Waals surface area contributed by atoms with Gasteiger partial charge in [-0.15, -0.1) is 10.2 Å². The highest BCUT2D eigenvalue weighted by Crippen LogP contribution is 2.17. The topological polar surface area (TPSA) is 65.2 Å². The largest absolute Gasteiger partial charge is 0.484 e. The van der Waals surface area contributed by atoms with Crippen LogP contribution in [-0.4, -0.2) is 22.2 Å². The maximum absolute atomic E-state index is 10.2. The lowest BCUT2D eigenvalue weighted by atomic mass is 10.2. The molecule has 0 aliphatic carbocycles. The van der Waals surface area contributed by atoms with Gasteiger partial charge in [0.05, 0.1) is 5.75 Å². The van der Waals surface area contributed by atoms with Gasteiger partial charge in [-0.1, -0.05) is 29.5 Å². The summed E-state index contributed by atoms with van der Waals surface area (Å²) in [5.41, 5.74) is 1.17. The number of aryl methyl sites for hydroxylation is 1. The van der Waals surface area contributed by atoms with Crippen LogP contribution in [0.2, 0.25) is 0 Å². The van der Waals surface area contributed by atoms with Crippen LogP contribution in [0.25, 0.3) is 0 Å². The molecule has 0 atom stereocenters. The van der Waals surface area contributed by atoms with Crippen LogP contribution in [0.3, 0.4) is 0 Å². The van der Waals surface area contributed by atoms with Crippen molar-refractivity contribution in [3.63, 3.8) is 0 Å². The highest BCUT2D eigenvalue weighted by Gasteiger charge is 2.06. The molecule has 6 heteroatoms. The van der Waals surface area contributed by atoms with E-state index in [9.17, 15) is 4.79 Å². The van der Waals surface area contributed by atoms with Crippen molar-refractivity contribution in [3.8, 4) is 5.75 Å². The molecule has 94 valence electrons. The van der Waals surface area contributed by atoms with E-state index in [-0.39, 0.29) is 6.61 Å². The fraction of sp³-hybridized carbons (Fsp3) is 0.250. The van der Waals surface area contributed by atoms with Gasteiger partial charge in [0.15, 0.2) is 6.61 Å². The van der Waals surface area contributed by atoms with Crippen molar-refractivity contribution in [2.45, 2.75) is 18.8 Å². The van der Waals surface area contributed by atoms with Gasteiger partial charge in [-0.2, -0.15) is 0 Å². The van der Waals surface area contributed by atoms with Crippen molar-refractivity contribution in [2.75, 3.05) is 5.75 Å². The Balaban J connectivity index is 1.87. The monoisotopic (exact) mass is 264 g/mol. The number of hydrogen-bond donors (Lipinski definition) is 0. The Labute approximate surface area is 109 Å². The molecular formula is C12H12N2O3S. The third-order valence-corrected chi connectivity index (χ3v) is 2.82. The molecule has 1 heterocycles. The summed E-state index contributed by atoms with van der Waals surface area (Å²) in [6.07, 6.45) is 0.789. The predicted octanol–water partition coefficient (Wildman–Crippen LogP) is 2.25. The number of thioether (sulfide) groups is 1. The Morgan fingerprint density at radius 1 is 1.33 bits per heavy atom. The number of rotatable bonds is 6. The normalized spacial score (nSPS) is 10.3. The molecule has 2 rings (SSSR count). The van der Waals surface area contributed by atoms with Crippen molar-refractivity contribution < 1.29 is 13.9 Å². The standard InChI is InChI=1S/C12H12N2O3S/c1-9-2-4-10(5-3-9)16-8-11-13-14-12(17-11)18-7-6-15/h2-6H,7-8H2,1H3. The number of aromatic nitrogens is 2. The second-order valence-corrected chi connectivity index (χ2v) is 4.51. The van der Waals surface area contributed by atoms with Crippen LogP contribution in [0.5, 0.6) is 5.75 Å². The third kappa shape index (κ3) is 3.59. The zero-order chi connectivity index (χ0) is 12.8. The molecule has 18 heavy (non-hydrogen) atoms. The molecule has 1 aromatic carbocycles. The van der Waals surface area contributed by atoms with Crippen LogP contribution in [0, 0.1) is 6.92 Å². The van der Waals surface area contributed by atoms with E-state index in [0.29, 0.717) is 16.9 Å². The number of aldehydes is 1. The highest BCUT2D eigenvalue weighted by atomic mass is 32.2. The lowest BCUT2D eigenvalue weighted by molar-refractivity contribution is -0.105. The molecule has 0 radical (unpaired) electrons. The molecular weight excluding hydrogens is 252 g/mol. The summed E-state index contributed by atoms with van der Waals surface area (Å²) in [5.74, 6) is 1.45. The molecule has 0 amide bonds. The Morgan fingerprint density at radius 2 is 2.11 bits per heavy atom. The van der Waals surface area contributed by atoms with Crippen LogP contribution < -0.4 is 4.74 Å². The minimum atomic E-state index is 0.220. The smallest absolute Gasteiger partial charge is 0.277 e. The summed E-state index contributed by atoms with van der Waals surface area (Å²) in [7, 11) is 0. The van der Waals surface area contributed by atoms with Gasteiger partial charge in [0.25, 0.3) is 11.1 Å². The zero-order valence-electron chi connectivity index (χ0n) is 9.83. The minimum absolute atomic E-state index is 0.220. The second-order valence-electron chi connectivity index (χ2n) is 3.54. The lowest BCUT2D eigenvalue weighted by Gasteiger charge is -2.02. The van der Waals surface area contributed by atoms with E-state index in [0.717, 1.165) is 12.0 Å². The van der Waals surface area contributed by atoms with E-state index in [1.165, 1.54) is 17.3 Å². The SMILES string of the molecule is Cc1ccc(OCc2nnc(SCC=O)o2)cc1. The molecule has 0 unspecified atom stereocenters. The van der Waals surface area contributed by atoms with Gasteiger partial charge in [-0.3, -0.25) is 0 Å². The van der Waals surface area contributed by atoms with Crippen LogP contribution in [0.15, 0.2) is 33.9 Å². The summed E-state index contributed by atoms with van der Waals surface area (Å²) in [6.45, 7) is 2.23. The number of benzene rings is 1. The molecule has 1 aromatic heterocycles. The van der Waals surface area contributed by atoms with Crippen molar-refractivity contribution in [1.82, 2.24) is 10.2 Å². The molecule has 0 aliphatic rings. The Bertz CT molecular complexity index is 510. The van der Waals surface area contributed by atoms with Gasteiger partial charge < -0.3 is 13.9 Å². The molecule has 0 bridgehead atoms. The minimum Gasteiger partial charge on any atom is -0.484 e. The molecule has 0 aliphatic heterocycles. The van der Waals surface area contributed by atoms with Gasteiger partial charge in [0, 0.05) is 0 Å². The van der Waals surface area contributed by atoms with Gasteiger partial charge >= 0.3 is 0 Å². The number of nitrogens with zero attached hydrogens (tertiary/aromatic N) is 2. The van der Waals surface area contributed by atoms with Gasteiger partial charge in [-0.05, 0) is 19.1 Å². The van der Waals surface area contributed by atoms with Gasteiger partial charge in [0.1, 0.15) is 12.0 Å².